The van der Waals surface area contributed by atoms with Crippen LogP contribution in [0.5, 0.6) is 0 Å². The van der Waals surface area contributed by atoms with Gasteiger partial charge in [-0.1, -0.05) is 18.2 Å². The molecule has 0 aliphatic rings. The monoisotopic (exact) mass is 310 g/mol. The van der Waals surface area contributed by atoms with Gasteiger partial charge in [-0.2, -0.15) is 0 Å². The zero-order chi connectivity index (χ0) is 15.9. The second-order valence-electron chi connectivity index (χ2n) is 5.12. The number of benzene rings is 1. The lowest BCUT2D eigenvalue weighted by Gasteiger charge is -2.07. The summed E-state index contributed by atoms with van der Waals surface area (Å²) in [4.78, 5) is 16.6. The molecule has 0 spiro atoms. The van der Waals surface area contributed by atoms with Gasteiger partial charge < -0.3 is 14.5 Å². The van der Waals surface area contributed by atoms with E-state index in [4.69, 9.17) is 9.15 Å². The molecule has 0 saturated heterocycles. The maximum atomic E-state index is 12.3. The molecule has 0 aliphatic heterocycles. The van der Waals surface area contributed by atoms with Gasteiger partial charge >= 0.3 is 0 Å². The first-order valence-corrected chi connectivity index (χ1v) is 7.56. The average molecular weight is 310 g/mol. The predicted molar refractivity (Wildman–Crippen MR) is 87.1 cm³/mol. The first kappa shape index (κ1) is 15.2. The Balaban J connectivity index is 1.45. The third kappa shape index (κ3) is 3.96. The molecule has 0 saturated carbocycles. The van der Waals surface area contributed by atoms with Gasteiger partial charge in [0.15, 0.2) is 0 Å². The summed E-state index contributed by atoms with van der Waals surface area (Å²) in [6, 6.07) is 13.1. The van der Waals surface area contributed by atoms with Crippen molar-refractivity contribution < 1.29 is 13.9 Å². The highest BCUT2D eigenvalue weighted by Gasteiger charge is 2.09. The second-order valence-corrected chi connectivity index (χ2v) is 5.12. The number of fused-ring (bicyclic) bond motifs is 1. The summed E-state index contributed by atoms with van der Waals surface area (Å²) < 4.78 is 10.7. The number of nitrogens with one attached hydrogen (secondary N) is 1. The van der Waals surface area contributed by atoms with E-state index in [9.17, 15) is 4.79 Å². The molecule has 0 bridgehead atoms. The molecule has 1 N–H and O–H groups in total. The summed E-state index contributed by atoms with van der Waals surface area (Å²) >= 11 is 0. The van der Waals surface area contributed by atoms with Gasteiger partial charge in [0.05, 0.1) is 17.3 Å². The van der Waals surface area contributed by atoms with Gasteiger partial charge in [0.2, 0.25) is 0 Å². The SMILES string of the molecule is O=C(NCCCOCc1ccco1)c1cccc2cccnc12. The fourth-order valence-corrected chi connectivity index (χ4v) is 2.33. The van der Waals surface area contributed by atoms with E-state index >= 15 is 0 Å². The van der Waals surface area contributed by atoms with Crippen LogP contribution in [0.3, 0.4) is 0 Å². The molecule has 0 aliphatic carbocycles. The molecule has 3 aromatic rings. The van der Waals surface area contributed by atoms with Gasteiger partial charge in [-0.25, -0.2) is 0 Å². The molecule has 1 aromatic carbocycles. The number of furan rings is 1. The number of hydrogen-bond donors (Lipinski definition) is 1. The number of rotatable bonds is 7. The van der Waals surface area contributed by atoms with E-state index in [1.165, 1.54) is 0 Å². The summed E-state index contributed by atoms with van der Waals surface area (Å²) in [5, 5.41) is 3.86. The largest absolute Gasteiger partial charge is 0.467 e. The smallest absolute Gasteiger partial charge is 0.253 e. The Kier molecular flexibility index (Phi) is 5.01. The van der Waals surface area contributed by atoms with E-state index < -0.39 is 0 Å². The molecule has 5 nitrogen and oxygen atoms in total. The zero-order valence-electron chi connectivity index (χ0n) is 12.7. The van der Waals surface area contributed by atoms with Gasteiger partial charge in [-0.3, -0.25) is 9.78 Å². The Hall–Kier alpha value is -2.66. The molecule has 3 rings (SSSR count). The van der Waals surface area contributed by atoms with Crippen molar-refractivity contribution >= 4 is 16.8 Å². The third-order valence-electron chi connectivity index (χ3n) is 3.45. The van der Waals surface area contributed by atoms with Crippen molar-refractivity contribution in [3.8, 4) is 0 Å². The zero-order valence-corrected chi connectivity index (χ0v) is 12.7. The van der Waals surface area contributed by atoms with Crippen LogP contribution < -0.4 is 5.32 Å². The van der Waals surface area contributed by atoms with Crippen LogP contribution in [0.2, 0.25) is 0 Å². The third-order valence-corrected chi connectivity index (χ3v) is 3.45. The summed E-state index contributed by atoms with van der Waals surface area (Å²) in [5.74, 6) is 0.691. The molecule has 0 unspecified atom stereocenters. The van der Waals surface area contributed by atoms with Crippen molar-refractivity contribution in [3.05, 3.63) is 66.2 Å². The molecule has 0 atom stereocenters. The lowest BCUT2D eigenvalue weighted by atomic mass is 10.1. The minimum atomic E-state index is -0.111. The Morgan fingerprint density at radius 1 is 1.17 bits per heavy atom. The van der Waals surface area contributed by atoms with Crippen molar-refractivity contribution in [2.75, 3.05) is 13.2 Å². The number of hydrogen-bond acceptors (Lipinski definition) is 4. The minimum Gasteiger partial charge on any atom is -0.467 e. The number of nitrogens with zero attached hydrogens (tertiary/aromatic N) is 1. The van der Waals surface area contributed by atoms with Crippen molar-refractivity contribution in [1.82, 2.24) is 10.3 Å². The Labute approximate surface area is 134 Å². The highest BCUT2D eigenvalue weighted by atomic mass is 16.5. The molecule has 2 aromatic heterocycles. The maximum absolute atomic E-state index is 12.3. The summed E-state index contributed by atoms with van der Waals surface area (Å²) in [6.45, 7) is 1.57. The first-order chi connectivity index (χ1) is 11.3. The minimum absolute atomic E-state index is 0.111. The summed E-state index contributed by atoms with van der Waals surface area (Å²) in [7, 11) is 0. The van der Waals surface area contributed by atoms with Crippen molar-refractivity contribution in [1.29, 1.82) is 0 Å². The Morgan fingerprint density at radius 2 is 2.09 bits per heavy atom. The van der Waals surface area contributed by atoms with Crippen LogP contribution in [-0.2, 0) is 11.3 Å². The molecule has 0 radical (unpaired) electrons. The fourth-order valence-electron chi connectivity index (χ4n) is 2.33. The lowest BCUT2D eigenvalue weighted by Crippen LogP contribution is -2.25. The highest BCUT2D eigenvalue weighted by Crippen LogP contribution is 2.15. The fraction of sp³-hybridized carbons (Fsp3) is 0.222. The van der Waals surface area contributed by atoms with Crippen LogP contribution in [0.25, 0.3) is 10.9 Å². The van der Waals surface area contributed by atoms with Crippen LogP contribution in [0.1, 0.15) is 22.5 Å². The Morgan fingerprint density at radius 3 is 2.96 bits per heavy atom. The van der Waals surface area contributed by atoms with Crippen molar-refractivity contribution in [2.24, 2.45) is 0 Å². The van der Waals surface area contributed by atoms with E-state index in [0.29, 0.717) is 25.3 Å². The van der Waals surface area contributed by atoms with Crippen LogP contribution in [0.4, 0.5) is 0 Å². The van der Waals surface area contributed by atoms with E-state index in [2.05, 4.69) is 10.3 Å². The van der Waals surface area contributed by atoms with E-state index in [0.717, 1.165) is 23.1 Å². The van der Waals surface area contributed by atoms with E-state index in [1.807, 2.05) is 36.4 Å². The molecule has 1 amide bonds. The quantitative estimate of drug-likeness (QED) is 0.681. The summed E-state index contributed by atoms with van der Waals surface area (Å²) in [5.41, 5.74) is 1.32. The Bertz CT molecular complexity index is 764. The first-order valence-electron chi connectivity index (χ1n) is 7.56. The average Bonchev–Trinajstić information content (AvgIpc) is 3.10. The standard InChI is InChI=1S/C18H18N2O3/c21-18(16-8-1-5-14-6-2-9-19-17(14)16)20-10-4-11-22-13-15-7-3-12-23-15/h1-3,5-9,12H,4,10-11,13H2,(H,20,21). The van der Waals surface area contributed by atoms with Crippen LogP contribution in [0.15, 0.2) is 59.3 Å². The van der Waals surface area contributed by atoms with Gasteiger partial charge in [-0.15, -0.1) is 0 Å². The number of ether oxygens (including phenoxy) is 1. The number of amides is 1. The van der Waals surface area contributed by atoms with Gasteiger partial charge in [0.1, 0.15) is 12.4 Å². The van der Waals surface area contributed by atoms with Crippen LogP contribution in [-0.4, -0.2) is 24.0 Å². The predicted octanol–water partition coefficient (Wildman–Crippen LogP) is 3.16. The molecule has 5 heteroatoms. The number of pyridine rings is 1. The molecule has 0 fully saturated rings. The maximum Gasteiger partial charge on any atom is 0.253 e. The van der Waals surface area contributed by atoms with Gasteiger partial charge in [0, 0.05) is 24.7 Å². The number of carbonyl (C=O) groups excluding carboxylic acids is 1. The summed E-state index contributed by atoms with van der Waals surface area (Å²) in [6.07, 6.45) is 4.06. The van der Waals surface area contributed by atoms with Crippen LogP contribution >= 0.6 is 0 Å². The van der Waals surface area contributed by atoms with E-state index in [-0.39, 0.29) is 5.91 Å². The number of aromatic nitrogens is 1. The topological polar surface area (TPSA) is 64.4 Å². The van der Waals surface area contributed by atoms with Crippen molar-refractivity contribution in [2.45, 2.75) is 13.0 Å². The van der Waals surface area contributed by atoms with Gasteiger partial charge in [0.25, 0.3) is 5.91 Å². The molecule has 118 valence electrons. The van der Waals surface area contributed by atoms with Crippen LogP contribution in [0, 0.1) is 0 Å². The molecule has 23 heavy (non-hydrogen) atoms. The normalized spacial score (nSPS) is 10.8. The number of para-hydroxylation sites is 1. The molecule has 2 heterocycles. The van der Waals surface area contributed by atoms with Gasteiger partial charge in [-0.05, 0) is 30.7 Å². The second kappa shape index (κ2) is 7.56. The number of carbonyl (C=O) groups is 1. The van der Waals surface area contributed by atoms with E-state index in [1.54, 1.807) is 18.5 Å². The molecular weight excluding hydrogens is 292 g/mol. The lowest BCUT2D eigenvalue weighted by molar-refractivity contribution is 0.0918. The van der Waals surface area contributed by atoms with Crippen molar-refractivity contribution in [3.63, 3.8) is 0 Å². The molecular formula is C18H18N2O3. The highest BCUT2D eigenvalue weighted by molar-refractivity contribution is 6.05.